The van der Waals surface area contributed by atoms with Gasteiger partial charge >= 0.3 is 0 Å². The zero-order chi connectivity index (χ0) is 19.8. The van der Waals surface area contributed by atoms with E-state index in [0.717, 1.165) is 11.1 Å². The molecule has 1 atom stereocenters. The minimum Gasteiger partial charge on any atom is -0.476 e. The van der Waals surface area contributed by atoms with Crippen LogP contribution in [0.3, 0.4) is 0 Å². The van der Waals surface area contributed by atoms with Crippen molar-refractivity contribution in [3.8, 4) is 5.88 Å². The summed E-state index contributed by atoms with van der Waals surface area (Å²) in [6.45, 7) is 3.01. The fourth-order valence-electron chi connectivity index (χ4n) is 3.59. The van der Waals surface area contributed by atoms with Gasteiger partial charge in [-0.25, -0.2) is 4.98 Å². The van der Waals surface area contributed by atoms with Gasteiger partial charge in [0.15, 0.2) is 0 Å². The highest BCUT2D eigenvalue weighted by molar-refractivity contribution is 5.37. The lowest BCUT2D eigenvalue weighted by molar-refractivity contribution is -0.183. The van der Waals surface area contributed by atoms with Gasteiger partial charge in [0.1, 0.15) is 12.2 Å². The van der Waals surface area contributed by atoms with Gasteiger partial charge in [0.25, 0.3) is 0 Å². The quantitative estimate of drug-likeness (QED) is 0.598. The van der Waals surface area contributed by atoms with E-state index in [2.05, 4.69) is 34.6 Å². The molecule has 1 N–H and O–H groups in total. The molecule has 0 spiro atoms. The van der Waals surface area contributed by atoms with E-state index >= 15 is 0 Å². The van der Waals surface area contributed by atoms with E-state index < -0.39 is 5.60 Å². The van der Waals surface area contributed by atoms with Crippen molar-refractivity contribution in [3.63, 3.8) is 0 Å². The molecule has 1 unspecified atom stereocenters. The molecule has 0 bridgehead atoms. The van der Waals surface area contributed by atoms with E-state index in [9.17, 15) is 0 Å². The standard InChI is InChI=1S/C24H26N2O3/c1-3-9-20(10-4-1)24(21-11-5-2-6-12-21)19-27-18-22(29-24)17-25-15-16-28-23-13-7-8-14-26-23/h1-14,22,25H,15-19H2. The molecule has 0 amide bonds. The molecule has 5 heteroatoms. The minimum absolute atomic E-state index is 0.0565. The summed E-state index contributed by atoms with van der Waals surface area (Å²) in [5.41, 5.74) is 1.61. The molecule has 1 saturated heterocycles. The maximum Gasteiger partial charge on any atom is 0.213 e. The van der Waals surface area contributed by atoms with Gasteiger partial charge in [-0.2, -0.15) is 0 Å². The lowest BCUT2D eigenvalue weighted by Crippen LogP contribution is -2.49. The Morgan fingerprint density at radius 3 is 2.28 bits per heavy atom. The summed E-state index contributed by atoms with van der Waals surface area (Å²) >= 11 is 0. The van der Waals surface area contributed by atoms with Crippen LogP contribution in [0.25, 0.3) is 0 Å². The molecule has 1 aromatic heterocycles. The number of aromatic nitrogens is 1. The van der Waals surface area contributed by atoms with Crippen molar-refractivity contribution in [2.75, 3.05) is 32.9 Å². The molecule has 5 nitrogen and oxygen atoms in total. The number of benzene rings is 2. The summed E-state index contributed by atoms with van der Waals surface area (Å²) in [4.78, 5) is 4.16. The molecule has 150 valence electrons. The fraction of sp³-hybridized carbons (Fsp3) is 0.292. The molecule has 0 saturated carbocycles. The van der Waals surface area contributed by atoms with Crippen LogP contribution in [0.2, 0.25) is 0 Å². The third-order valence-electron chi connectivity index (χ3n) is 5.00. The average molecular weight is 390 g/mol. The molecule has 1 aliphatic heterocycles. The number of ether oxygens (including phenoxy) is 3. The van der Waals surface area contributed by atoms with Crippen molar-refractivity contribution in [3.05, 3.63) is 96.2 Å². The van der Waals surface area contributed by atoms with Crippen molar-refractivity contribution in [1.82, 2.24) is 10.3 Å². The first kappa shape index (κ1) is 19.6. The second-order valence-electron chi connectivity index (χ2n) is 7.03. The van der Waals surface area contributed by atoms with Gasteiger partial charge in [-0.15, -0.1) is 0 Å². The Morgan fingerprint density at radius 1 is 0.931 bits per heavy atom. The van der Waals surface area contributed by atoms with E-state index in [1.807, 2.05) is 54.6 Å². The largest absolute Gasteiger partial charge is 0.476 e. The van der Waals surface area contributed by atoms with E-state index in [-0.39, 0.29) is 6.10 Å². The number of rotatable bonds is 8. The van der Waals surface area contributed by atoms with Crippen molar-refractivity contribution < 1.29 is 14.2 Å². The number of nitrogens with one attached hydrogen (secondary N) is 1. The van der Waals surface area contributed by atoms with Gasteiger partial charge in [0.05, 0.1) is 19.3 Å². The summed E-state index contributed by atoms with van der Waals surface area (Å²) in [5.74, 6) is 0.638. The molecule has 3 aromatic rings. The third-order valence-corrected chi connectivity index (χ3v) is 5.00. The molecule has 2 aromatic carbocycles. The van der Waals surface area contributed by atoms with Gasteiger partial charge in [0.2, 0.25) is 5.88 Å². The number of pyridine rings is 1. The first-order valence-electron chi connectivity index (χ1n) is 9.98. The van der Waals surface area contributed by atoms with Gasteiger partial charge in [-0.1, -0.05) is 66.7 Å². The van der Waals surface area contributed by atoms with Crippen LogP contribution < -0.4 is 10.1 Å². The zero-order valence-corrected chi connectivity index (χ0v) is 16.4. The zero-order valence-electron chi connectivity index (χ0n) is 16.4. The van der Waals surface area contributed by atoms with E-state index in [4.69, 9.17) is 14.2 Å². The summed E-state index contributed by atoms with van der Waals surface area (Å²) in [7, 11) is 0. The van der Waals surface area contributed by atoms with E-state index in [1.165, 1.54) is 0 Å². The molecule has 4 rings (SSSR count). The maximum atomic E-state index is 6.67. The first-order valence-corrected chi connectivity index (χ1v) is 9.98. The summed E-state index contributed by atoms with van der Waals surface area (Å²) in [6.07, 6.45) is 1.67. The Bertz CT molecular complexity index is 820. The van der Waals surface area contributed by atoms with E-state index in [1.54, 1.807) is 6.20 Å². The predicted molar refractivity (Wildman–Crippen MR) is 112 cm³/mol. The SMILES string of the molecule is c1ccc(C2(c3ccccc3)COCC(CNCCOc3ccccn3)O2)cc1. The van der Waals surface area contributed by atoms with Crippen molar-refractivity contribution in [2.45, 2.75) is 11.7 Å². The highest BCUT2D eigenvalue weighted by Crippen LogP contribution is 2.37. The van der Waals surface area contributed by atoms with Crippen LogP contribution in [0.5, 0.6) is 5.88 Å². The highest BCUT2D eigenvalue weighted by Gasteiger charge is 2.41. The number of nitrogens with zero attached hydrogens (tertiary/aromatic N) is 1. The molecular weight excluding hydrogens is 364 g/mol. The summed E-state index contributed by atoms with van der Waals surface area (Å²) in [5, 5.41) is 3.41. The monoisotopic (exact) mass is 390 g/mol. The molecular formula is C24H26N2O3. The number of hydrogen-bond acceptors (Lipinski definition) is 5. The van der Waals surface area contributed by atoms with Crippen LogP contribution >= 0.6 is 0 Å². The Balaban J connectivity index is 1.38. The number of hydrogen-bond donors (Lipinski definition) is 1. The van der Waals surface area contributed by atoms with E-state index in [0.29, 0.717) is 38.8 Å². The first-order chi connectivity index (χ1) is 14.4. The van der Waals surface area contributed by atoms with Crippen LogP contribution in [0.1, 0.15) is 11.1 Å². The van der Waals surface area contributed by atoms with Crippen molar-refractivity contribution >= 4 is 0 Å². The second kappa shape index (κ2) is 9.65. The summed E-state index contributed by atoms with van der Waals surface area (Å²) in [6, 6.07) is 26.3. The Labute approximate surface area is 171 Å². The molecule has 1 fully saturated rings. The normalized spacial score (nSPS) is 18.3. The van der Waals surface area contributed by atoms with Crippen LogP contribution in [0, 0.1) is 0 Å². The Hall–Kier alpha value is -2.73. The lowest BCUT2D eigenvalue weighted by Gasteiger charge is -2.42. The van der Waals surface area contributed by atoms with Gasteiger partial charge in [-0.05, 0) is 17.2 Å². The fourth-order valence-corrected chi connectivity index (χ4v) is 3.59. The lowest BCUT2D eigenvalue weighted by atomic mass is 9.86. The van der Waals surface area contributed by atoms with Crippen LogP contribution in [-0.2, 0) is 15.1 Å². The smallest absolute Gasteiger partial charge is 0.213 e. The Kier molecular flexibility index (Phi) is 6.52. The van der Waals surface area contributed by atoms with Crippen molar-refractivity contribution in [2.24, 2.45) is 0 Å². The maximum absolute atomic E-state index is 6.67. The predicted octanol–water partition coefficient (Wildman–Crippen LogP) is 3.41. The molecule has 29 heavy (non-hydrogen) atoms. The van der Waals surface area contributed by atoms with Gasteiger partial charge in [0, 0.05) is 25.4 Å². The molecule has 0 radical (unpaired) electrons. The summed E-state index contributed by atoms with van der Waals surface area (Å²) < 4.78 is 18.3. The van der Waals surface area contributed by atoms with Crippen molar-refractivity contribution in [1.29, 1.82) is 0 Å². The molecule has 1 aliphatic rings. The minimum atomic E-state index is -0.600. The van der Waals surface area contributed by atoms with Gasteiger partial charge in [-0.3, -0.25) is 0 Å². The molecule has 2 heterocycles. The van der Waals surface area contributed by atoms with Crippen LogP contribution in [0.4, 0.5) is 0 Å². The highest BCUT2D eigenvalue weighted by atomic mass is 16.6. The second-order valence-corrected chi connectivity index (χ2v) is 7.03. The third kappa shape index (κ3) is 4.82. The molecule has 0 aliphatic carbocycles. The van der Waals surface area contributed by atoms with Crippen LogP contribution in [-0.4, -0.2) is 44.0 Å². The Morgan fingerprint density at radius 2 is 1.62 bits per heavy atom. The van der Waals surface area contributed by atoms with Crippen LogP contribution in [0.15, 0.2) is 85.1 Å². The topological polar surface area (TPSA) is 52.6 Å². The average Bonchev–Trinajstić information content (AvgIpc) is 2.81. The van der Waals surface area contributed by atoms with Gasteiger partial charge < -0.3 is 19.5 Å².